The zero-order valence-corrected chi connectivity index (χ0v) is 20.1. The molecule has 5 N–H and O–H groups in total. The Hall–Kier alpha value is -2.37. The Morgan fingerprint density at radius 2 is 1.87 bits per heavy atom. The highest BCUT2D eigenvalue weighted by molar-refractivity contribution is 7.91. The maximum absolute atomic E-state index is 12.7. The van der Waals surface area contributed by atoms with Crippen LogP contribution in [0.25, 0.3) is 0 Å². The zero-order valence-electron chi connectivity index (χ0n) is 18.5. The fourth-order valence-electron chi connectivity index (χ4n) is 2.89. The molecule has 2 aromatic heterocycles. The molecule has 2 rings (SSSR count). The summed E-state index contributed by atoms with van der Waals surface area (Å²) in [5, 5.41) is 11.9. The Balaban J connectivity index is 2.32. The van der Waals surface area contributed by atoms with Crippen molar-refractivity contribution in [3.05, 3.63) is 29.0 Å². The van der Waals surface area contributed by atoms with Gasteiger partial charge in [-0.25, -0.2) is 13.4 Å². The lowest BCUT2D eigenvalue weighted by atomic mass is 10.1. The van der Waals surface area contributed by atoms with Crippen molar-refractivity contribution in [1.29, 1.82) is 0 Å². The minimum Gasteiger partial charge on any atom is -0.504 e. The lowest BCUT2D eigenvalue weighted by Crippen LogP contribution is -2.31. The van der Waals surface area contributed by atoms with Crippen molar-refractivity contribution in [2.45, 2.75) is 57.2 Å². The van der Waals surface area contributed by atoms with Crippen LogP contribution in [0.15, 0.2) is 36.3 Å². The summed E-state index contributed by atoms with van der Waals surface area (Å²) in [7, 11) is -3.81. The van der Waals surface area contributed by atoms with Crippen molar-refractivity contribution in [1.82, 2.24) is 4.31 Å². The van der Waals surface area contributed by atoms with Crippen molar-refractivity contribution in [3.8, 4) is 5.75 Å². The number of aliphatic imine (C=N–C) groups is 2. The zero-order chi connectivity index (χ0) is 23.3. The van der Waals surface area contributed by atoms with Crippen molar-refractivity contribution in [2.24, 2.45) is 21.5 Å². The molecule has 9 nitrogen and oxygen atoms in total. The van der Waals surface area contributed by atoms with Crippen LogP contribution in [0.4, 0.5) is 5.69 Å². The smallest absolute Gasteiger partial charge is 0.256 e. The van der Waals surface area contributed by atoms with Crippen LogP contribution in [0.2, 0.25) is 0 Å². The highest BCUT2D eigenvalue weighted by atomic mass is 32.2. The van der Waals surface area contributed by atoms with Crippen LogP contribution in [0.3, 0.4) is 0 Å². The van der Waals surface area contributed by atoms with Crippen LogP contribution in [0.1, 0.15) is 64.3 Å². The molecule has 0 aliphatic heterocycles. The van der Waals surface area contributed by atoms with Gasteiger partial charge in [-0.1, -0.05) is 34.6 Å². The molecule has 0 saturated carbocycles. The number of furan rings is 1. The van der Waals surface area contributed by atoms with Crippen molar-refractivity contribution in [2.75, 3.05) is 13.1 Å². The number of sulfonamides is 1. The van der Waals surface area contributed by atoms with E-state index in [0.29, 0.717) is 31.2 Å². The van der Waals surface area contributed by atoms with Gasteiger partial charge in [0, 0.05) is 18.5 Å². The summed E-state index contributed by atoms with van der Waals surface area (Å²) >= 11 is 0.879. The van der Waals surface area contributed by atoms with Crippen molar-refractivity contribution >= 4 is 38.7 Å². The van der Waals surface area contributed by atoms with E-state index in [0.717, 1.165) is 16.9 Å². The Kier molecular flexibility index (Phi) is 8.27. The summed E-state index contributed by atoms with van der Waals surface area (Å²) in [6, 6.07) is 1.61. The molecule has 11 heteroatoms. The maximum atomic E-state index is 12.7. The van der Waals surface area contributed by atoms with Gasteiger partial charge in [-0.3, -0.25) is 4.99 Å². The molecular formula is C20H31N5O4S2. The second kappa shape index (κ2) is 10.3. The molecule has 0 aliphatic carbocycles. The van der Waals surface area contributed by atoms with Crippen LogP contribution in [0, 0.1) is 0 Å². The molecular weight excluding hydrogens is 438 g/mol. The molecule has 0 aromatic carbocycles. The monoisotopic (exact) mass is 469 g/mol. The third-order valence-electron chi connectivity index (χ3n) is 4.81. The molecule has 1 atom stereocenters. The lowest BCUT2D eigenvalue weighted by Gasteiger charge is -2.17. The first-order valence-corrected chi connectivity index (χ1v) is 12.4. The van der Waals surface area contributed by atoms with Gasteiger partial charge in [-0.05, 0) is 24.0 Å². The standard InChI is InChI=1S/C20H31N5O4S2/c1-6-14(16-9-13(10-29-16)12(4)5)23-18(21)19(22)24-15-11-30-20(17(15)26)31(27,28)25(7-2)8-3/h9-12,14,26H,6-8H2,1-5H3,(H2,21,23)(H2,22,24)/t14-/m1/s1. The topological polar surface area (TPSA) is 148 Å². The highest BCUT2D eigenvalue weighted by Gasteiger charge is 2.28. The van der Waals surface area contributed by atoms with E-state index in [1.807, 2.05) is 13.0 Å². The molecule has 0 aliphatic rings. The number of hydrogen-bond donors (Lipinski definition) is 3. The van der Waals surface area contributed by atoms with E-state index < -0.39 is 15.8 Å². The number of nitrogens with two attached hydrogens (primary N) is 2. The van der Waals surface area contributed by atoms with Gasteiger partial charge in [0.15, 0.2) is 21.6 Å². The molecule has 31 heavy (non-hydrogen) atoms. The minimum atomic E-state index is -3.81. The Morgan fingerprint density at radius 3 is 2.39 bits per heavy atom. The van der Waals surface area contributed by atoms with Gasteiger partial charge in [0.1, 0.15) is 17.5 Å². The number of hydrogen-bond acceptors (Lipinski definition) is 7. The minimum absolute atomic E-state index is 0.0203. The summed E-state index contributed by atoms with van der Waals surface area (Å²) in [5.74, 6) is 0.411. The number of rotatable bonds is 9. The average Bonchev–Trinajstić information content (AvgIpc) is 3.34. The SMILES string of the molecule is CC[C@@H](N=C(N)C(N)=Nc1csc(S(=O)(=O)N(CC)CC)c1O)c1cc(C(C)C)co1. The summed E-state index contributed by atoms with van der Waals surface area (Å²) in [6.45, 7) is 10.1. The summed E-state index contributed by atoms with van der Waals surface area (Å²) in [5.41, 5.74) is 13.1. The molecule has 2 heterocycles. The van der Waals surface area contributed by atoms with Gasteiger partial charge >= 0.3 is 0 Å². The molecule has 172 valence electrons. The molecule has 0 fully saturated rings. The van der Waals surface area contributed by atoms with Gasteiger partial charge in [0.25, 0.3) is 10.0 Å². The van der Waals surface area contributed by atoms with Gasteiger partial charge < -0.3 is 21.0 Å². The summed E-state index contributed by atoms with van der Waals surface area (Å²) in [4.78, 5) is 8.52. The van der Waals surface area contributed by atoms with Crippen LogP contribution >= 0.6 is 11.3 Å². The maximum Gasteiger partial charge on any atom is 0.256 e. The highest BCUT2D eigenvalue weighted by Crippen LogP contribution is 2.40. The number of aromatic hydroxyl groups is 1. The third-order valence-corrected chi connectivity index (χ3v) is 8.34. The Labute approximate surface area is 187 Å². The number of thiophene rings is 1. The first kappa shape index (κ1) is 24.9. The van der Waals surface area contributed by atoms with Crippen LogP contribution in [0.5, 0.6) is 5.75 Å². The molecule has 2 aromatic rings. The van der Waals surface area contributed by atoms with Crippen LogP contribution < -0.4 is 11.5 Å². The normalized spacial score (nSPS) is 14.5. The molecule has 0 saturated heterocycles. The predicted octanol–water partition coefficient (Wildman–Crippen LogP) is 3.70. The van der Waals surface area contributed by atoms with Gasteiger partial charge in [0.05, 0.1) is 6.26 Å². The molecule has 0 amide bonds. The van der Waals surface area contributed by atoms with E-state index in [1.54, 1.807) is 20.1 Å². The second-order valence-corrected chi connectivity index (χ2v) is 10.2. The first-order valence-electron chi connectivity index (χ1n) is 10.1. The largest absolute Gasteiger partial charge is 0.504 e. The van der Waals surface area contributed by atoms with Gasteiger partial charge in [-0.2, -0.15) is 4.31 Å². The predicted molar refractivity (Wildman–Crippen MR) is 125 cm³/mol. The molecule has 0 spiro atoms. The fraction of sp³-hybridized carbons (Fsp3) is 0.500. The quantitative estimate of drug-likeness (QED) is 0.377. The average molecular weight is 470 g/mol. The molecule has 0 radical (unpaired) electrons. The van der Waals surface area contributed by atoms with E-state index in [9.17, 15) is 13.5 Å². The number of amidine groups is 2. The van der Waals surface area contributed by atoms with E-state index in [2.05, 4.69) is 23.8 Å². The summed E-state index contributed by atoms with van der Waals surface area (Å²) < 4.78 is 32.1. The van der Waals surface area contributed by atoms with Gasteiger partial charge in [0.2, 0.25) is 0 Å². The van der Waals surface area contributed by atoms with Crippen LogP contribution in [-0.2, 0) is 10.0 Å². The Morgan fingerprint density at radius 1 is 1.23 bits per heavy atom. The van der Waals surface area contributed by atoms with E-state index in [-0.39, 0.29) is 27.6 Å². The van der Waals surface area contributed by atoms with E-state index in [1.165, 1.54) is 9.69 Å². The van der Waals surface area contributed by atoms with E-state index in [4.69, 9.17) is 15.9 Å². The first-order chi connectivity index (χ1) is 14.6. The lowest BCUT2D eigenvalue weighted by molar-refractivity contribution is 0.434. The van der Waals surface area contributed by atoms with Crippen molar-refractivity contribution < 1.29 is 17.9 Å². The second-order valence-electron chi connectivity index (χ2n) is 7.22. The van der Waals surface area contributed by atoms with Gasteiger partial charge in [-0.15, -0.1) is 11.3 Å². The Bertz CT molecular complexity index is 1050. The van der Waals surface area contributed by atoms with Crippen molar-refractivity contribution in [3.63, 3.8) is 0 Å². The van der Waals surface area contributed by atoms with E-state index >= 15 is 0 Å². The number of nitrogens with zero attached hydrogens (tertiary/aromatic N) is 3. The fourth-order valence-corrected chi connectivity index (χ4v) is 5.70. The molecule has 0 unspecified atom stereocenters. The molecule has 0 bridgehead atoms. The van der Waals surface area contributed by atoms with Crippen LogP contribution in [-0.4, -0.2) is 42.6 Å². The summed E-state index contributed by atoms with van der Waals surface area (Å²) in [6.07, 6.45) is 2.34. The third kappa shape index (κ3) is 5.46.